The predicted molar refractivity (Wildman–Crippen MR) is 113 cm³/mol. The SMILES string of the molecule is CC[C@H]1[C@@H](C(=O)NC2CC2)C[C@H]2CN(Cc3cn[nH]c3-c3ccc(F)cc3)CC(=O)N21. The Bertz CT molecular complexity index is 971. The van der Waals surface area contributed by atoms with Gasteiger partial charge in [0.2, 0.25) is 11.8 Å². The summed E-state index contributed by atoms with van der Waals surface area (Å²) < 4.78 is 13.3. The van der Waals surface area contributed by atoms with Gasteiger partial charge in [0, 0.05) is 42.3 Å². The third-order valence-corrected chi connectivity index (χ3v) is 6.78. The molecule has 2 aromatic rings. The van der Waals surface area contributed by atoms with Crippen LogP contribution in [0.1, 0.15) is 38.2 Å². The van der Waals surface area contributed by atoms with Crippen LogP contribution in [0.5, 0.6) is 0 Å². The van der Waals surface area contributed by atoms with E-state index in [1.807, 2.05) is 4.90 Å². The second-order valence-electron chi connectivity index (χ2n) is 9.00. The lowest BCUT2D eigenvalue weighted by molar-refractivity contribution is -0.141. The maximum atomic E-state index is 13.3. The number of carbonyl (C=O) groups is 2. The van der Waals surface area contributed by atoms with E-state index in [-0.39, 0.29) is 35.6 Å². The molecule has 5 rings (SSSR count). The van der Waals surface area contributed by atoms with E-state index < -0.39 is 0 Å². The molecule has 2 saturated heterocycles. The molecule has 1 saturated carbocycles. The minimum Gasteiger partial charge on any atom is -0.353 e. The molecule has 0 radical (unpaired) electrons. The van der Waals surface area contributed by atoms with Crippen molar-refractivity contribution in [3.8, 4) is 11.3 Å². The molecule has 3 fully saturated rings. The van der Waals surface area contributed by atoms with Gasteiger partial charge in [-0.3, -0.25) is 19.6 Å². The van der Waals surface area contributed by atoms with Gasteiger partial charge in [-0.1, -0.05) is 6.92 Å². The van der Waals surface area contributed by atoms with Crippen molar-refractivity contribution in [3.05, 3.63) is 41.8 Å². The molecular formula is C23H28FN5O2. The highest BCUT2D eigenvalue weighted by molar-refractivity contribution is 5.85. The highest BCUT2D eigenvalue weighted by atomic mass is 19.1. The molecule has 31 heavy (non-hydrogen) atoms. The number of aromatic nitrogens is 2. The van der Waals surface area contributed by atoms with Gasteiger partial charge >= 0.3 is 0 Å². The van der Waals surface area contributed by atoms with Crippen molar-refractivity contribution in [2.24, 2.45) is 5.92 Å². The normalized spacial score (nSPS) is 26.2. The van der Waals surface area contributed by atoms with Gasteiger partial charge in [0.25, 0.3) is 0 Å². The highest BCUT2D eigenvalue weighted by Gasteiger charge is 2.49. The van der Waals surface area contributed by atoms with Crippen LogP contribution in [0.3, 0.4) is 0 Å². The molecule has 0 unspecified atom stereocenters. The van der Waals surface area contributed by atoms with Crippen LogP contribution < -0.4 is 5.32 Å². The quantitative estimate of drug-likeness (QED) is 0.744. The number of piperazine rings is 1. The molecule has 3 aliphatic rings. The number of halogens is 1. The summed E-state index contributed by atoms with van der Waals surface area (Å²) in [5.74, 6) is -0.199. The zero-order chi connectivity index (χ0) is 21.5. The van der Waals surface area contributed by atoms with E-state index >= 15 is 0 Å². The maximum Gasteiger partial charge on any atom is 0.237 e. The van der Waals surface area contributed by atoms with Gasteiger partial charge in [-0.25, -0.2) is 4.39 Å². The van der Waals surface area contributed by atoms with Crippen LogP contribution >= 0.6 is 0 Å². The minimum absolute atomic E-state index is 0.0119. The number of amides is 2. The summed E-state index contributed by atoms with van der Waals surface area (Å²) in [7, 11) is 0. The molecule has 8 heteroatoms. The first-order valence-corrected chi connectivity index (χ1v) is 11.2. The highest BCUT2D eigenvalue weighted by Crippen LogP contribution is 2.36. The Labute approximate surface area is 181 Å². The van der Waals surface area contributed by atoms with E-state index in [0.29, 0.717) is 19.1 Å². The van der Waals surface area contributed by atoms with Crippen LogP contribution in [0.4, 0.5) is 4.39 Å². The molecule has 2 aliphatic heterocycles. The van der Waals surface area contributed by atoms with Crippen LogP contribution in [-0.4, -0.2) is 63.0 Å². The van der Waals surface area contributed by atoms with E-state index in [9.17, 15) is 14.0 Å². The average molecular weight is 426 g/mol. The van der Waals surface area contributed by atoms with Gasteiger partial charge in [0.05, 0.1) is 24.4 Å². The zero-order valence-electron chi connectivity index (χ0n) is 17.7. The standard InChI is InChI=1S/C23H28FN5O2/c1-2-20-19(23(31)26-17-7-8-17)9-18-12-28(13-21(30)29(18)20)11-15-10-25-27-22(15)14-3-5-16(24)6-4-14/h3-6,10,17-20H,2,7-9,11-13H2,1H3,(H,25,27)(H,26,31)/t18-,19-,20-/m0/s1. The van der Waals surface area contributed by atoms with Crippen molar-refractivity contribution < 1.29 is 14.0 Å². The molecule has 164 valence electrons. The van der Waals surface area contributed by atoms with Gasteiger partial charge in [0.15, 0.2) is 0 Å². The number of hydrogen-bond acceptors (Lipinski definition) is 4. The lowest BCUT2D eigenvalue weighted by atomic mass is 9.96. The summed E-state index contributed by atoms with van der Waals surface area (Å²) in [4.78, 5) is 30.0. The Balaban J connectivity index is 1.30. The second-order valence-corrected chi connectivity index (χ2v) is 9.00. The van der Waals surface area contributed by atoms with Gasteiger partial charge in [-0.2, -0.15) is 5.10 Å². The molecule has 0 spiro atoms. The summed E-state index contributed by atoms with van der Waals surface area (Å²) in [6.45, 7) is 3.71. The minimum atomic E-state index is -0.279. The number of rotatable bonds is 6. The Morgan fingerprint density at radius 3 is 2.77 bits per heavy atom. The Morgan fingerprint density at radius 2 is 2.06 bits per heavy atom. The smallest absolute Gasteiger partial charge is 0.237 e. The molecular weight excluding hydrogens is 397 g/mol. The number of hydrogen-bond donors (Lipinski definition) is 2. The number of aromatic amines is 1. The van der Waals surface area contributed by atoms with Crippen molar-refractivity contribution in [2.45, 2.75) is 57.3 Å². The molecule has 3 atom stereocenters. The molecule has 1 aliphatic carbocycles. The molecule has 2 N–H and O–H groups in total. The zero-order valence-corrected chi connectivity index (χ0v) is 17.7. The summed E-state index contributed by atoms with van der Waals surface area (Å²) in [5, 5.41) is 10.3. The first-order chi connectivity index (χ1) is 15.0. The molecule has 0 bridgehead atoms. The fraction of sp³-hybridized carbons (Fsp3) is 0.522. The first kappa shape index (κ1) is 20.2. The number of nitrogens with zero attached hydrogens (tertiary/aromatic N) is 3. The Morgan fingerprint density at radius 1 is 1.29 bits per heavy atom. The van der Waals surface area contributed by atoms with E-state index in [4.69, 9.17) is 0 Å². The van der Waals surface area contributed by atoms with E-state index in [1.54, 1.807) is 18.3 Å². The van der Waals surface area contributed by atoms with Crippen molar-refractivity contribution >= 4 is 11.8 Å². The van der Waals surface area contributed by atoms with Gasteiger partial charge in [-0.05, 0) is 49.9 Å². The number of carbonyl (C=O) groups excluding carboxylic acids is 2. The fourth-order valence-electron chi connectivity index (χ4n) is 5.17. The lowest BCUT2D eigenvalue weighted by Crippen LogP contribution is -2.56. The van der Waals surface area contributed by atoms with Gasteiger partial charge in [-0.15, -0.1) is 0 Å². The molecule has 2 amide bonds. The Hall–Kier alpha value is -2.74. The van der Waals surface area contributed by atoms with Crippen molar-refractivity contribution in [3.63, 3.8) is 0 Å². The molecule has 7 nitrogen and oxygen atoms in total. The average Bonchev–Trinajstić information content (AvgIpc) is 3.30. The second kappa shape index (κ2) is 8.07. The summed E-state index contributed by atoms with van der Waals surface area (Å²) >= 11 is 0. The van der Waals surface area contributed by atoms with Crippen molar-refractivity contribution in [1.29, 1.82) is 0 Å². The number of benzene rings is 1. The Kier molecular flexibility index (Phi) is 5.25. The number of H-pyrrole nitrogens is 1. The van der Waals surface area contributed by atoms with E-state index in [0.717, 1.165) is 49.0 Å². The maximum absolute atomic E-state index is 13.3. The molecule has 3 heterocycles. The van der Waals surface area contributed by atoms with Gasteiger partial charge in [0.1, 0.15) is 5.82 Å². The first-order valence-electron chi connectivity index (χ1n) is 11.2. The molecule has 1 aromatic heterocycles. The third kappa shape index (κ3) is 3.96. The third-order valence-electron chi connectivity index (χ3n) is 6.78. The van der Waals surface area contributed by atoms with E-state index in [1.165, 1.54) is 12.1 Å². The monoisotopic (exact) mass is 425 g/mol. The van der Waals surface area contributed by atoms with Crippen LogP contribution in [0.15, 0.2) is 30.5 Å². The summed E-state index contributed by atoms with van der Waals surface area (Å²) in [6.07, 6.45) is 5.41. The van der Waals surface area contributed by atoms with E-state index in [2.05, 4.69) is 27.3 Å². The van der Waals surface area contributed by atoms with Crippen molar-refractivity contribution in [1.82, 2.24) is 25.3 Å². The largest absolute Gasteiger partial charge is 0.353 e. The van der Waals surface area contributed by atoms with Crippen LogP contribution in [0.2, 0.25) is 0 Å². The predicted octanol–water partition coefficient (Wildman–Crippen LogP) is 2.31. The number of nitrogens with one attached hydrogen (secondary N) is 2. The topological polar surface area (TPSA) is 81.3 Å². The van der Waals surface area contributed by atoms with Crippen LogP contribution in [-0.2, 0) is 16.1 Å². The summed E-state index contributed by atoms with van der Waals surface area (Å²) in [5.41, 5.74) is 2.68. The number of fused-ring (bicyclic) bond motifs is 1. The van der Waals surface area contributed by atoms with Gasteiger partial charge < -0.3 is 10.2 Å². The lowest BCUT2D eigenvalue weighted by Gasteiger charge is -2.39. The van der Waals surface area contributed by atoms with Crippen LogP contribution in [0.25, 0.3) is 11.3 Å². The molecule has 1 aromatic carbocycles. The summed E-state index contributed by atoms with van der Waals surface area (Å²) in [6, 6.07) is 6.69. The van der Waals surface area contributed by atoms with Crippen molar-refractivity contribution in [2.75, 3.05) is 13.1 Å². The van der Waals surface area contributed by atoms with Crippen LogP contribution in [0, 0.1) is 11.7 Å². The fourth-order valence-corrected chi connectivity index (χ4v) is 5.17.